The number of allylic oxidation sites excluding steroid dienone is 10. The fraction of sp³-hybridized carbons (Fsp3) is 0.778. The number of unbranched alkanes of at least 4 members (excludes halogenated alkanes) is 23. The van der Waals surface area contributed by atoms with Crippen molar-refractivity contribution < 1.29 is 24.5 Å². The van der Waals surface area contributed by atoms with E-state index in [4.69, 9.17) is 4.74 Å². The Bertz CT molecular complexity index is 1080. The van der Waals surface area contributed by atoms with E-state index in [-0.39, 0.29) is 24.9 Å². The van der Waals surface area contributed by atoms with Crippen molar-refractivity contribution in [2.45, 2.75) is 264 Å². The van der Waals surface area contributed by atoms with Gasteiger partial charge in [0, 0.05) is 6.42 Å². The average molecular weight is 840 g/mol. The Balaban J connectivity index is 4.66. The van der Waals surface area contributed by atoms with E-state index in [1.165, 1.54) is 116 Å². The lowest BCUT2D eigenvalue weighted by Crippen LogP contribution is -2.46. The molecular weight excluding hydrogens is 743 g/mol. The minimum absolute atomic E-state index is 0.0559. The van der Waals surface area contributed by atoms with Gasteiger partial charge in [-0.3, -0.25) is 9.59 Å². The standard InChI is InChI=1S/C54H97NO5/c1-4-7-10-13-16-19-21-23-25-26-28-30-32-35-38-41-44-47-54(59)60-50(45-42-39-36-34-31-29-27-24-22-20-17-14-11-8-5-2)48-53(58)55-51(49-56)52(57)46-43-40-37-33-18-15-12-9-6-3/h7,10,16,19,23,25,28,30,35,38,50-52,56-57H,4-6,8-9,11-15,17-18,20-22,24,26-27,29,31-34,36-37,39-49H2,1-3H3,(H,55,58)/b10-7-,19-16-,25-23-,30-28-,38-35-. The van der Waals surface area contributed by atoms with Crippen molar-refractivity contribution in [3.05, 3.63) is 60.8 Å². The number of carbonyl (C=O) groups excluding carboxylic acids is 2. The quantitative estimate of drug-likeness (QED) is 0.0322. The molecule has 0 aromatic heterocycles. The van der Waals surface area contributed by atoms with Gasteiger partial charge in [0.25, 0.3) is 0 Å². The number of hydrogen-bond donors (Lipinski definition) is 3. The van der Waals surface area contributed by atoms with Crippen LogP contribution in [0.4, 0.5) is 0 Å². The number of aliphatic hydroxyl groups excluding tert-OH is 2. The highest BCUT2D eigenvalue weighted by molar-refractivity contribution is 5.77. The van der Waals surface area contributed by atoms with Crippen LogP contribution in [-0.2, 0) is 14.3 Å². The van der Waals surface area contributed by atoms with Crippen molar-refractivity contribution in [2.75, 3.05) is 6.61 Å². The molecule has 348 valence electrons. The summed E-state index contributed by atoms with van der Waals surface area (Å²) < 4.78 is 5.90. The zero-order valence-corrected chi connectivity index (χ0v) is 39.6. The molecule has 0 bridgehead atoms. The second kappa shape index (κ2) is 47.6. The highest BCUT2D eigenvalue weighted by Gasteiger charge is 2.24. The first-order chi connectivity index (χ1) is 29.5. The first-order valence-electron chi connectivity index (χ1n) is 25.5. The molecule has 0 radical (unpaired) electrons. The fourth-order valence-electron chi connectivity index (χ4n) is 7.52. The van der Waals surface area contributed by atoms with Crippen molar-refractivity contribution in [1.29, 1.82) is 0 Å². The predicted octanol–water partition coefficient (Wildman–Crippen LogP) is 15.2. The normalized spacial score (nSPS) is 13.8. The summed E-state index contributed by atoms with van der Waals surface area (Å²) >= 11 is 0. The summed E-state index contributed by atoms with van der Waals surface area (Å²) in [6.07, 6.45) is 58.6. The molecule has 0 aliphatic carbocycles. The molecule has 0 aliphatic heterocycles. The van der Waals surface area contributed by atoms with Gasteiger partial charge in [-0.15, -0.1) is 0 Å². The number of aliphatic hydroxyl groups is 2. The van der Waals surface area contributed by atoms with Gasteiger partial charge in [0.15, 0.2) is 0 Å². The van der Waals surface area contributed by atoms with E-state index in [0.29, 0.717) is 25.7 Å². The minimum Gasteiger partial charge on any atom is -0.462 e. The molecule has 0 heterocycles. The SMILES string of the molecule is CC/C=C\C/C=C\C/C=C\C/C=C\C/C=C\CCCC(=O)OC(CCCCCCCCCCCCCCCCC)CC(=O)NC(CO)C(O)CCCCCCCCCCC. The molecule has 0 rings (SSSR count). The molecule has 6 heteroatoms. The van der Waals surface area contributed by atoms with Crippen LogP contribution in [0.1, 0.15) is 245 Å². The maximum Gasteiger partial charge on any atom is 0.306 e. The van der Waals surface area contributed by atoms with Crippen molar-refractivity contribution in [2.24, 2.45) is 0 Å². The molecule has 60 heavy (non-hydrogen) atoms. The summed E-state index contributed by atoms with van der Waals surface area (Å²) in [4.78, 5) is 26.1. The fourth-order valence-corrected chi connectivity index (χ4v) is 7.52. The zero-order valence-electron chi connectivity index (χ0n) is 39.6. The second-order valence-electron chi connectivity index (χ2n) is 17.2. The first kappa shape index (κ1) is 57.6. The van der Waals surface area contributed by atoms with Crippen LogP contribution in [0, 0.1) is 0 Å². The predicted molar refractivity (Wildman–Crippen MR) is 259 cm³/mol. The molecule has 6 nitrogen and oxygen atoms in total. The van der Waals surface area contributed by atoms with Crippen LogP contribution in [0.2, 0.25) is 0 Å². The van der Waals surface area contributed by atoms with Gasteiger partial charge < -0.3 is 20.3 Å². The molecule has 0 saturated heterocycles. The molecule has 0 aromatic rings. The first-order valence-corrected chi connectivity index (χ1v) is 25.5. The van der Waals surface area contributed by atoms with Crippen LogP contribution in [0.5, 0.6) is 0 Å². The van der Waals surface area contributed by atoms with Crippen molar-refractivity contribution >= 4 is 11.9 Å². The van der Waals surface area contributed by atoms with Gasteiger partial charge in [-0.05, 0) is 64.2 Å². The smallest absolute Gasteiger partial charge is 0.306 e. The van der Waals surface area contributed by atoms with Gasteiger partial charge >= 0.3 is 5.97 Å². The van der Waals surface area contributed by atoms with Crippen LogP contribution in [0.3, 0.4) is 0 Å². The Morgan fingerprint density at radius 1 is 0.500 bits per heavy atom. The highest BCUT2D eigenvalue weighted by Crippen LogP contribution is 2.18. The monoisotopic (exact) mass is 840 g/mol. The lowest BCUT2D eigenvalue weighted by atomic mass is 10.0. The lowest BCUT2D eigenvalue weighted by molar-refractivity contribution is -0.151. The molecule has 1 amide bonds. The number of carbonyl (C=O) groups is 2. The van der Waals surface area contributed by atoms with E-state index in [1.54, 1.807) is 0 Å². The molecule has 3 atom stereocenters. The summed E-state index contributed by atoms with van der Waals surface area (Å²) in [7, 11) is 0. The Kier molecular flexibility index (Phi) is 45.7. The summed E-state index contributed by atoms with van der Waals surface area (Å²) in [5, 5.41) is 23.7. The average Bonchev–Trinajstić information content (AvgIpc) is 3.24. The molecule has 0 aliphatic rings. The Morgan fingerprint density at radius 3 is 1.30 bits per heavy atom. The summed E-state index contributed by atoms with van der Waals surface area (Å²) in [5.41, 5.74) is 0. The third-order valence-electron chi connectivity index (χ3n) is 11.4. The van der Waals surface area contributed by atoms with Crippen molar-refractivity contribution in [3.8, 4) is 0 Å². The largest absolute Gasteiger partial charge is 0.462 e. The molecule has 3 unspecified atom stereocenters. The van der Waals surface area contributed by atoms with Crippen LogP contribution < -0.4 is 5.32 Å². The van der Waals surface area contributed by atoms with Crippen LogP contribution >= 0.6 is 0 Å². The number of esters is 1. The van der Waals surface area contributed by atoms with Crippen molar-refractivity contribution in [3.63, 3.8) is 0 Å². The third-order valence-corrected chi connectivity index (χ3v) is 11.4. The molecule has 0 spiro atoms. The number of hydrogen-bond acceptors (Lipinski definition) is 5. The molecule has 0 aromatic carbocycles. The van der Waals surface area contributed by atoms with Gasteiger partial charge in [0.1, 0.15) is 6.10 Å². The number of ether oxygens (including phenoxy) is 1. The third kappa shape index (κ3) is 42.3. The van der Waals surface area contributed by atoms with Gasteiger partial charge in [0.05, 0.1) is 25.2 Å². The maximum atomic E-state index is 13.2. The van der Waals surface area contributed by atoms with Crippen molar-refractivity contribution in [1.82, 2.24) is 5.32 Å². The van der Waals surface area contributed by atoms with E-state index in [2.05, 4.69) is 86.8 Å². The van der Waals surface area contributed by atoms with E-state index in [0.717, 1.165) is 77.0 Å². The van der Waals surface area contributed by atoms with Crippen LogP contribution in [0.15, 0.2) is 60.8 Å². The Hall–Kier alpha value is -2.44. The summed E-state index contributed by atoms with van der Waals surface area (Å²) in [6, 6.07) is -0.711. The van der Waals surface area contributed by atoms with E-state index >= 15 is 0 Å². The maximum absolute atomic E-state index is 13.2. The topological polar surface area (TPSA) is 95.9 Å². The highest BCUT2D eigenvalue weighted by atomic mass is 16.5. The second-order valence-corrected chi connectivity index (χ2v) is 17.2. The van der Waals surface area contributed by atoms with E-state index in [9.17, 15) is 19.8 Å². The van der Waals surface area contributed by atoms with Gasteiger partial charge in [0.2, 0.25) is 5.91 Å². The molecule has 0 saturated carbocycles. The number of nitrogens with one attached hydrogen (secondary N) is 1. The van der Waals surface area contributed by atoms with E-state index < -0.39 is 18.2 Å². The summed E-state index contributed by atoms with van der Waals surface area (Å²) in [5.74, 6) is -0.539. The Labute approximate surface area is 371 Å². The van der Waals surface area contributed by atoms with Crippen LogP contribution in [-0.4, -0.2) is 46.9 Å². The molecular formula is C54H97NO5. The number of rotatable bonds is 45. The molecule has 0 fully saturated rings. The van der Waals surface area contributed by atoms with Gasteiger partial charge in [-0.2, -0.15) is 0 Å². The summed E-state index contributed by atoms with van der Waals surface area (Å²) in [6.45, 7) is 6.34. The molecule has 3 N–H and O–H groups in total. The minimum atomic E-state index is -0.795. The van der Waals surface area contributed by atoms with Crippen LogP contribution in [0.25, 0.3) is 0 Å². The van der Waals surface area contributed by atoms with Gasteiger partial charge in [-0.25, -0.2) is 0 Å². The Morgan fingerprint density at radius 2 is 0.883 bits per heavy atom. The zero-order chi connectivity index (χ0) is 43.8. The van der Waals surface area contributed by atoms with E-state index in [1.807, 2.05) is 0 Å². The number of amides is 1. The lowest BCUT2D eigenvalue weighted by Gasteiger charge is -2.24. The van der Waals surface area contributed by atoms with Gasteiger partial charge in [-0.1, -0.05) is 229 Å².